The zero-order valence-corrected chi connectivity index (χ0v) is 10.1. The van der Waals surface area contributed by atoms with Crippen LogP contribution in [0.4, 0.5) is 5.69 Å². The number of carbonyl (C=O) groups excluding carboxylic acids is 1. The first-order valence-electron chi connectivity index (χ1n) is 5.39. The van der Waals surface area contributed by atoms with Crippen LogP contribution in [0.5, 0.6) is 0 Å². The van der Waals surface area contributed by atoms with E-state index < -0.39 is 0 Å². The first-order chi connectivity index (χ1) is 7.70. The van der Waals surface area contributed by atoms with Crippen molar-refractivity contribution in [3.8, 4) is 0 Å². The standard InChI is InChI=1S/C12H15ClN2O/c1-14-4-6-15(7-5-14)11-2-3-12(13)10(8-11)9-16/h2-3,8-9H,4-7H2,1H3. The van der Waals surface area contributed by atoms with E-state index in [0.29, 0.717) is 10.6 Å². The quantitative estimate of drug-likeness (QED) is 0.736. The van der Waals surface area contributed by atoms with Gasteiger partial charge in [0.2, 0.25) is 0 Å². The predicted molar refractivity (Wildman–Crippen MR) is 66.5 cm³/mol. The van der Waals surface area contributed by atoms with Gasteiger partial charge in [-0.2, -0.15) is 0 Å². The minimum absolute atomic E-state index is 0.521. The maximum Gasteiger partial charge on any atom is 0.151 e. The van der Waals surface area contributed by atoms with E-state index in [-0.39, 0.29) is 0 Å². The lowest BCUT2D eigenvalue weighted by Crippen LogP contribution is -2.44. The van der Waals surface area contributed by atoms with E-state index in [4.69, 9.17) is 11.6 Å². The molecule has 1 aromatic rings. The Morgan fingerprint density at radius 1 is 1.25 bits per heavy atom. The highest BCUT2D eigenvalue weighted by Crippen LogP contribution is 2.22. The average Bonchev–Trinajstić information content (AvgIpc) is 2.31. The van der Waals surface area contributed by atoms with Crippen molar-refractivity contribution in [3.63, 3.8) is 0 Å². The van der Waals surface area contributed by atoms with E-state index in [1.54, 1.807) is 6.07 Å². The summed E-state index contributed by atoms with van der Waals surface area (Å²) in [4.78, 5) is 15.4. The summed E-state index contributed by atoms with van der Waals surface area (Å²) in [5.41, 5.74) is 1.65. The molecule has 0 radical (unpaired) electrons. The molecule has 0 saturated carbocycles. The van der Waals surface area contributed by atoms with Gasteiger partial charge in [-0.05, 0) is 25.2 Å². The van der Waals surface area contributed by atoms with E-state index in [1.807, 2.05) is 12.1 Å². The Hall–Kier alpha value is -1.06. The summed E-state index contributed by atoms with van der Waals surface area (Å²) in [6.07, 6.45) is 0.807. The molecule has 0 atom stereocenters. The van der Waals surface area contributed by atoms with Crippen molar-refractivity contribution < 1.29 is 4.79 Å². The van der Waals surface area contributed by atoms with Crippen LogP contribution in [-0.2, 0) is 0 Å². The SMILES string of the molecule is CN1CCN(c2ccc(Cl)c(C=O)c2)CC1. The van der Waals surface area contributed by atoms with Crippen LogP contribution in [0.15, 0.2) is 18.2 Å². The summed E-state index contributed by atoms with van der Waals surface area (Å²) >= 11 is 5.90. The number of likely N-dealkylation sites (N-methyl/N-ethyl adjacent to an activating group) is 1. The molecule has 0 aromatic heterocycles. The van der Waals surface area contributed by atoms with Gasteiger partial charge >= 0.3 is 0 Å². The molecule has 2 rings (SSSR count). The molecule has 0 bridgehead atoms. The number of rotatable bonds is 2. The van der Waals surface area contributed by atoms with Gasteiger partial charge in [0.1, 0.15) is 0 Å². The van der Waals surface area contributed by atoms with Gasteiger partial charge in [-0.25, -0.2) is 0 Å². The molecule has 3 nitrogen and oxygen atoms in total. The molecule has 0 spiro atoms. The molecule has 1 aliphatic heterocycles. The fourth-order valence-corrected chi connectivity index (χ4v) is 2.04. The molecule has 1 aliphatic rings. The molecule has 0 unspecified atom stereocenters. The van der Waals surface area contributed by atoms with Gasteiger partial charge in [-0.1, -0.05) is 11.6 Å². The molecule has 1 fully saturated rings. The number of anilines is 1. The van der Waals surface area contributed by atoms with Crippen LogP contribution in [0.25, 0.3) is 0 Å². The first kappa shape index (κ1) is 11.4. The van der Waals surface area contributed by atoms with Gasteiger partial charge in [0, 0.05) is 37.4 Å². The molecule has 1 aromatic carbocycles. The predicted octanol–water partition coefficient (Wildman–Crippen LogP) is 1.90. The molecule has 0 aliphatic carbocycles. The number of aldehydes is 1. The molecular formula is C12H15ClN2O. The lowest BCUT2D eigenvalue weighted by molar-refractivity contribution is 0.112. The molecule has 1 heterocycles. The maximum absolute atomic E-state index is 10.8. The van der Waals surface area contributed by atoms with Gasteiger partial charge in [-0.15, -0.1) is 0 Å². The van der Waals surface area contributed by atoms with Crippen LogP contribution >= 0.6 is 11.6 Å². The zero-order chi connectivity index (χ0) is 11.5. The summed E-state index contributed by atoms with van der Waals surface area (Å²) in [7, 11) is 2.12. The topological polar surface area (TPSA) is 23.6 Å². The van der Waals surface area contributed by atoms with Crippen molar-refractivity contribution in [1.82, 2.24) is 4.90 Å². The Bertz CT molecular complexity index is 387. The maximum atomic E-state index is 10.8. The fourth-order valence-electron chi connectivity index (χ4n) is 1.88. The lowest BCUT2D eigenvalue weighted by atomic mass is 10.2. The molecule has 0 N–H and O–H groups in total. The smallest absolute Gasteiger partial charge is 0.151 e. The van der Waals surface area contributed by atoms with Crippen molar-refractivity contribution in [3.05, 3.63) is 28.8 Å². The Morgan fingerprint density at radius 2 is 1.94 bits per heavy atom. The summed E-state index contributed by atoms with van der Waals surface area (Å²) < 4.78 is 0. The van der Waals surface area contributed by atoms with Crippen LogP contribution in [-0.4, -0.2) is 44.4 Å². The number of nitrogens with zero attached hydrogens (tertiary/aromatic N) is 2. The monoisotopic (exact) mass is 238 g/mol. The minimum Gasteiger partial charge on any atom is -0.369 e. The summed E-state index contributed by atoms with van der Waals surface area (Å²) in [5.74, 6) is 0. The normalized spacial score (nSPS) is 17.5. The van der Waals surface area contributed by atoms with Gasteiger partial charge in [0.15, 0.2) is 6.29 Å². The van der Waals surface area contributed by atoms with Crippen LogP contribution in [0, 0.1) is 0 Å². The van der Waals surface area contributed by atoms with Crippen molar-refractivity contribution >= 4 is 23.6 Å². The number of benzene rings is 1. The zero-order valence-electron chi connectivity index (χ0n) is 9.32. The van der Waals surface area contributed by atoms with Gasteiger partial charge < -0.3 is 9.80 Å². The third-order valence-electron chi connectivity index (χ3n) is 2.97. The number of hydrogen-bond acceptors (Lipinski definition) is 3. The summed E-state index contributed by atoms with van der Waals surface area (Å²) in [5, 5.41) is 0.521. The Balaban J connectivity index is 2.17. The molecule has 86 valence electrons. The Labute approximate surface area is 101 Å². The fraction of sp³-hybridized carbons (Fsp3) is 0.417. The number of halogens is 1. The summed E-state index contributed by atoms with van der Waals surface area (Å²) in [6, 6.07) is 5.63. The third kappa shape index (κ3) is 2.36. The van der Waals surface area contributed by atoms with Crippen molar-refractivity contribution in [2.45, 2.75) is 0 Å². The first-order valence-corrected chi connectivity index (χ1v) is 5.77. The highest BCUT2D eigenvalue weighted by Gasteiger charge is 2.14. The Kier molecular flexibility index (Phi) is 3.46. The number of piperazine rings is 1. The van der Waals surface area contributed by atoms with E-state index >= 15 is 0 Å². The molecular weight excluding hydrogens is 224 g/mol. The van der Waals surface area contributed by atoms with Gasteiger partial charge in [0.05, 0.1) is 5.02 Å². The average molecular weight is 239 g/mol. The van der Waals surface area contributed by atoms with E-state index in [2.05, 4.69) is 16.8 Å². The largest absolute Gasteiger partial charge is 0.369 e. The number of carbonyl (C=O) groups is 1. The molecule has 1 saturated heterocycles. The second-order valence-corrected chi connectivity index (χ2v) is 4.52. The van der Waals surface area contributed by atoms with Crippen LogP contribution in [0.3, 0.4) is 0 Å². The van der Waals surface area contributed by atoms with Gasteiger partial charge in [0.25, 0.3) is 0 Å². The highest BCUT2D eigenvalue weighted by molar-refractivity contribution is 6.33. The number of hydrogen-bond donors (Lipinski definition) is 0. The van der Waals surface area contributed by atoms with Crippen molar-refractivity contribution in [2.24, 2.45) is 0 Å². The van der Waals surface area contributed by atoms with Crippen LogP contribution in [0.1, 0.15) is 10.4 Å². The van der Waals surface area contributed by atoms with E-state index in [9.17, 15) is 4.79 Å². The van der Waals surface area contributed by atoms with Crippen molar-refractivity contribution in [2.75, 3.05) is 38.1 Å². The molecule has 16 heavy (non-hydrogen) atoms. The second-order valence-electron chi connectivity index (χ2n) is 4.11. The second kappa shape index (κ2) is 4.85. The van der Waals surface area contributed by atoms with E-state index in [0.717, 1.165) is 38.2 Å². The molecule has 0 amide bonds. The highest BCUT2D eigenvalue weighted by atomic mass is 35.5. The Morgan fingerprint density at radius 3 is 2.56 bits per heavy atom. The van der Waals surface area contributed by atoms with Crippen LogP contribution in [0.2, 0.25) is 5.02 Å². The molecule has 4 heteroatoms. The summed E-state index contributed by atoms with van der Waals surface area (Å²) in [6.45, 7) is 4.10. The van der Waals surface area contributed by atoms with Crippen LogP contribution < -0.4 is 4.90 Å². The van der Waals surface area contributed by atoms with Crippen molar-refractivity contribution in [1.29, 1.82) is 0 Å². The minimum atomic E-state index is 0.521. The van der Waals surface area contributed by atoms with E-state index in [1.165, 1.54) is 0 Å². The third-order valence-corrected chi connectivity index (χ3v) is 3.32. The lowest BCUT2D eigenvalue weighted by Gasteiger charge is -2.34. The van der Waals surface area contributed by atoms with Gasteiger partial charge in [-0.3, -0.25) is 4.79 Å².